The first kappa shape index (κ1) is 19.8. The molecule has 0 fully saturated rings. The second-order valence-corrected chi connectivity index (χ2v) is 7.72. The fourth-order valence-electron chi connectivity index (χ4n) is 3.31. The van der Waals surface area contributed by atoms with Crippen molar-refractivity contribution in [1.82, 2.24) is 5.32 Å². The van der Waals surface area contributed by atoms with Crippen molar-refractivity contribution in [2.45, 2.75) is 38.1 Å². The summed E-state index contributed by atoms with van der Waals surface area (Å²) in [6, 6.07) is 10.0. The minimum absolute atomic E-state index is 0.132. The molecule has 7 heteroatoms. The van der Waals surface area contributed by atoms with Gasteiger partial charge >= 0.3 is 6.09 Å². The molecule has 148 valence electrons. The van der Waals surface area contributed by atoms with Crippen molar-refractivity contribution in [3.63, 3.8) is 0 Å². The Balaban J connectivity index is 2.09. The lowest BCUT2D eigenvalue weighted by Gasteiger charge is -2.31. The van der Waals surface area contributed by atoms with E-state index in [1.165, 1.54) is 30.1 Å². The Labute approximate surface area is 162 Å². The number of alkyl carbamates (subject to hydrolysis) is 1. The molecule has 0 radical (unpaired) electrons. The van der Waals surface area contributed by atoms with E-state index in [1.807, 2.05) is 0 Å². The van der Waals surface area contributed by atoms with Crippen LogP contribution in [0.2, 0.25) is 0 Å². The zero-order valence-corrected chi connectivity index (χ0v) is 16.1. The van der Waals surface area contributed by atoms with Gasteiger partial charge in [0, 0.05) is 12.6 Å². The van der Waals surface area contributed by atoms with Gasteiger partial charge in [0.05, 0.1) is 5.69 Å². The molecular weight excluding hydrogens is 366 g/mol. The number of rotatable bonds is 3. The number of fused-ring (bicyclic) bond motifs is 1. The zero-order chi connectivity index (χ0) is 20.7. The van der Waals surface area contributed by atoms with Gasteiger partial charge in [0.2, 0.25) is 5.67 Å². The Hall–Kier alpha value is -2.96. The van der Waals surface area contributed by atoms with Crippen molar-refractivity contribution in [3.05, 3.63) is 65.5 Å². The Kier molecular flexibility index (Phi) is 4.87. The van der Waals surface area contributed by atoms with Crippen LogP contribution in [0.15, 0.2) is 48.5 Å². The van der Waals surface area contributed by atoms with Gasteiger partial charge in [-0.2, -0.15) is 0 Å². The molecule has 1 N–H and O–H groups in total. The molecule has 2 atom stereocenters. The summed E-state index contributed by atoms with van der Waals surface area (Å²) in [4.78, 5) is 26.5. The van der Waals surface area contributed by atoms with Crippen molar-refractivity contribution in [3.8, 4) is 0 Å². The third kappa shape index (κ3) is 3.44. The molecule has 5 nitrogen and oxygen atoms in total. The van der Waals surface area contributed by atoms with E-state index in [4.69, 9.17) is 4.74 Å². The number of halogens is 2. The number of ether oxygens (including phenoxy) is 1. The predicted octanol–water partition coefficient (Wildman–Crippen LogP) is 4.23. The van der Waals surface area contributed by atoms with E-state index in [0.29, 0.717) is 5.69 Å². The van der Waals surface area contributed by atoms with E-state index in [-0.39, 0.29) is 11.1 Å². The smallest absolute Gasteiger partial charge is 0.408 e. The van der Waals surface area contributed by atoms with Gasteiger partial charge in [-0.1, -0.05) is 30.3 Å². The molecule has 2 aromatic rings. The highest BCUT2D eigenvalue weighted by molar-refractivity contribution is 6.07. The van der Waals surface area contributed by atoms with E-state index < -0.39 is 35.1 Å². The first-order valence-corrected chi connectivity index (χ1v) is 8.85. The minimum Gasteiger partial charge on any atom is -0.444 e. The second-order valence-electron chi connectivity index (χ2n) is 7.72. The average molecular weight is 388 g/mol. The molecule has 0 bridgehead atoms. The van der Waals surface area contributed by atoms with Crippen LogP contribution in [-0.2, 0) is 15.2 Å². The first-order chi connectivity index (χ1) is 13.0. The van der Waals surface area contributed by atoms with Crippen molar-refractivity contribution in [1.29, 1.82) is 0 Å². The number of anilines is 1. The summed E-state index contributed by atoms with van der Waals surface area (Å²) in [6.45, 7) is 5.03. The topological polar surface area (TPSA) is 58.6 Å². The SMILES string of the molecule is CN1C(=O)[C@@](F)(C(NC(=O)OC(C)(C)C)c2ccc(F)cc2)c2ccccc21. The van der Waals surface area contributed by atoms with Gasteiger partial charge in [-0.05, 0) is 44.5 Å². The Morgan fingerprint density at radius 3 is 2.36 bits per heavy atom. The maximum atomic E-state index is 16.4. The van der Waals surface area contributed by atoms with Crippen LogP contribution in [0.5, 0.6) is 0 Å². The van der Waals surface area contributed by atoms with E-state index in [2.05, 4.69) is 5.32 Å². The minimum atomic E-state index is -2.57. The van der Waals surface area contributed by atoms with Gasteiger partial charge in [0.15, 0.2) is 0 Å². The molecule has 0 spiro atoms. The number of nitrogens with one attached hydrogen (secondary N) is 1. The predicted molar refractivity (Wildman–Crippen MR) is 101 cm³/mol. The maximum Gasteiger partial charge on any atom is 0.408 e. The summed E-state index contributed by atoms with van der Waals surface area (Å²) in [5, 5.41) is 2.48. The van der Waals surface area contributed by atoms with Gasteiger partial charge in [0.25, 0.3) is 5.91 Å². The molecule has 28 heavy (non-hydrogen) atoms. The van der Waals surface area contributed by atoms with Crippen LogP contribution in [0.3, 0.4) is 0 Å². The van der Waals surface area contributed by atoms with E-state index in [9.17, 15) is 14.0 Å². The number of amides is 2. The van der Waals surface area contributed by atoms with Crippen LogP contribution in [-0.4, -0.2) is 24.6 Å². The van der Waals surface area contributed by atoms with Crippen LogP contribution in [0, 0.1) is 5.82 Å². The highest BCUT2D eigenvalue weighted by Gasteiger charge is 2.57. The summed E-state index contributed by atoms with van der Waals surface area (Å²) >= 11 is 0. The maximum absolute atomic E-state index is 16.4. The van der Waals surface area contributed by atoms with E-state index in [0.717, 1.165) is 12.1 Å². The largest absolute Gasteiger partial charge is 0.444 e. The number of nitrogens with zero attached hydrogens (tertiary/aromatic N) is 1. The highest BCUT2D eigenvalue weighted by Crippen LogP contribution is 2.49. The fourth-order valence-corrected chi connectivity index (χ4v) is 3.31. The molecule has 1 heterocycles. The van der Waals surface area contributed by atoms with Crippen LogP contribution in [0.25, 0.3) is 0 Å². The van der Waals surface area contributed by atoms with Crippen molar-refractivity contribution in [2.24, 2.45) is 0 Å². The van der Waals surface area contributed by atoms with E-state index >= 15 is 4.39 Å². The molecule has 2 amide bonds. The first-order valence-electron chi connectivity index (χ1n) is 8.85. The number of carbonyl (C=O) groups excluding carboxylic acids is 2. The van der Waals surface area contributed by atoms with Gasteiger partial charge in [-0.25, -0.2) is 13.6 Å². The third-order valence-electron chi connectivity index (χ3n) is 4.54. The summed E-state index contributed by atoms with van der Waals surface area (Å²) in [7, 11) is 1.47. The summed E-state index contributed by atoms with van der Waals surface area (Å²) in [6.07, 6.45) is -0.876. The van der Waals surface area contributed by atoms with E-state index in [1.54, 1.807) is 39.0 Å². The van der Waals surface area contributed by atoms with Crippen LogP contribution >= 0.6 is 0 Å². The molecular formula is C21H22F2N2O3. The average Bonchev–Trinajstić information content (AvgIpc) is 2.82. The number of para-hydroxylation sites is 1. The van der Waals surface area contributed by atoms with Gasteiger partial charge in [-0.3, -0.25) is 4.79 Å². The van der Waals surface area contributed by atoms with Crippen LogP contribution < -0.4 is 10.2 Å². The number of hydrogen-bond donors (Lipinski definition) is 1. The molecule has 2 aromatic carbocycles. The molecule has 1 aliphatic heterocycles. The lowest BCUT2D eigenvalue weighted by Crippen LogP contribution is -2.48. The third-order valence-corrected chi connectivity index (χ3v) is 4.54. The summed E-state index contributed by atoms with van der Waals surface area (Å²) in [5.41, 5.74) is -2.59. The van der Waals surface area contributed by atoms with Crippen LogP contribution in [0.1, 0.15) is 37.9 Å². The zero-order valence-electron chi connectivity index (χ0n) is 16.1. The van der Waals surface area contributed by atoms with Gasteiger partial charge in [0.1, 0.15) is 17.5 Å². The Bertz CT molecular complexity index is 909. The lowest BCUT2D eigenvalue weighted by molar-refractivity contribution is -0.131. The quantitative estimate of drug-likeness (QED) is 0.856. The number of carbonyl (C=O) groups is 2. The van der Waals surface area contributed by atoms with Gasteiger partial charge in [-0.15, -0.1) is 0 Å². The standard InChI is InChI=1S/C21H22F2N2O3/c1-20(2,3)28-19(27)24-17(13-9-11-14(22)12-10-13)21(23)15-7-5-6-8-16(15)25(4)18(21)26/h5-12,17H,1-4H3,(H,24,27)/t17?,21-/m0/s1. The molecule has 0 saturated heterocycles. The Morgan fingerprint density at radius 1 is 1.14 bits per heavy atom. The summed E-state index contributed by atoms with van der Waals surface area (Å²) in [5.74, 6) is -1.33. The second kappa shape index (κ2) is 6.89. The molecule has 0 aromatic heterocycles. The normalized spacial score (nSPS) is 19.9. The van der Waals surface area contributed by atoms with Crippen LogP contribution in [0.4, 0.5) is 19.3 Å². The fraction of sp³-hybridized carbons (Fsp3) is 0.333. The number of hydrogen-bond acceptors (Lipinski definition) is 3. The number of likely N-dealkylation sites (N-methyl/N-ethyl adjacent to an activating group) is 1. The van der Waals surface area contributed by atoms with Gasteiger partial charge < -0.3 is 15.0 Å². The monoisotopic (exact) mass is 388 g/mol. The lowest BCUT2D eigenvalue weighted by atomic mass is 9.85. The molecule has 1 unspecified atom stereocenters. The number of benzene rings is 2. The summed E-state index contributed by atoms with van der Waals surface area (Å²) < 4.78 is 35.1. The van der Waals surface area contributed by atoms with Crippen molar-refractivity contribution >= 4 is 17.7 Å². The van der Waals surface area contributed by atoms with Crippen molar-refractivity contribution < 1.29 is 23.1 Å². The molecule has 0 saturated carbocycles. The Morgan fingerprint density at radius 2 is 1.75 bits per heavy atom. The van der Waals surface area contributed by atoms with Crippen molar-refractivity contribution in [2.75, 3.05) is 11.9 Å². The highest BCUT2D eigenvalue weighted by atomic mass is 19.1. The molecule has 1 aliphatic rings. The molecule has 3 rings (SSSR count). The number of alkyl halides is 1. The molecule has 0 aliphatic carbocycles.